The second-order valence-electron chi connectivity index (χ2n) is 4.87. The number of nitrogens with one attached hydrogen (secondary N) is 1. The molecule has 0 aromatic carbocycles. The second-order valence-corrected chi connectivity index (χ2v) is 6.49. The van der Waals surface area contributed by atoms with Gasteiger partial charge >= 0.3 is 6.18 Å². The molecular weight excluding hydrogens is 325 g/mol. The van der Waals surface area contributed by atoms with Crippen LogP contribution in [0.4, 0.5) is 13.2 Å². The largest absolute Gasteiger partial charge is 0.417 e. The molecule has 0 aliphatic carbocycles. The molecule has 1 aliphatic rings. The van der Waals surface area contributed by atoms with Crippen LogP contribution < -0.4 is 4.72 Å². The summed E-state index contributed by atoms with van der Waals surface area (Å²) in [7, 11) is -4.33. The van der Waals surface area contributed by atoms with Crippen molar-refractivity contribution in [2.24, 2.45) is 0 Å². The minimum Gasteiger partial charge on any atom is -0.365 e. The molecule has 1 amide bonds. The van der Waals surface area contributed by atoms with Gasteiger partial charge in [0.2, 0.25) is 0 Å². The number of hydrogen-bond acceptors (Lipinski definition) is 5. The van der Waals surface area contributed by atoms with Crippen LogP contribution >= 0.6 is 0 Å². The second kappa shape index (κ2) is 5.84. The summed E-state index contributed by atoms with van der Waals surface area (Å²) < 4.78 is 68.0. The Morgan fingerprint density at radius 2 is 2.05 bits per heavy atom. The highest BCUT2D eigenvalue weighted by molar-refractivity contribution is 7.90. The van der Waals surface area contributed by atoms with Crippen molar-refractivity contribution < 1.29 is 31.1 Å². The fourth-order valence-corrected chi connectivity index (χ4v) is 2.89. The maximum absolute atomic E-state index is 12.4. The molecule has 0 spiro atoms. The van der Waals surface area contributed by atoms with E-state index in [0.717, 1.165) is 0 Å². The van der Waals surface area contributed by atoms with E-state index in [1.54, 1.807) is 11.6 Å². The number of carbonyl (C=O) groups excluding carboxylic acids is 1. The van der Waals surface area contributed by atoms with E-state index in [9.17, 15) is 26.4 Å². The number of ether oxygens (including phenoxy) is 1. The molecule has 6 nitrogen and oxygen atoms in total. The van der Waals surface area contributed by atoms with E-state index < -0.39 is 38.8 Å². The van der Waals surface area contributed by atoms with Crippen molar-refractivity contribution in [2.45, 2.75) is 43.2 Å². The molecule has 0 radical (unpaired) electrons. The van der Waals surface area contributed by atoms with Gasteiger partial charge in [-0.05, 0) is 31.9 Å². The number of alkyl halides is 3. The Morgan fingerprint density at radius 1 is 1.36 bits per heavy atom. The summed E-state index contributed by atoms with van der Waals surface area (Å²) in [5, 5.41) is -0.667. The zero-order valence-electron chi connectivity index (χ0n) is 11.4. The molecule has 0 unspecified atom stereocenters. The van der Waals surface area contributed by atoms with E-state index in [0.29, 0.717) is 31.2 Å². The van der Waals surface area contributed by atoms with Crippen LogP contribution in [0, 0.1) is 0 Å². The number of rotatable bonds is 3. The van der Waals surface area contributed by atoms with Crippen molar-refractivity contribution >= 4 is 15.9 Å². The number of halogens is 3. The summed E-state index contributed by atoms with van der Waals surface area (Å²) in [6, 6.07) is 1.27. The first-order valence-electron chi connectivity index (χ1n) is 6.35. The highest BCUT2D eigenvalue weighted by Crippen LogP contribution is 2.28. The van der Waals surface area contributed by atoms with Gasteiger partial charge in [-0.25, -0.2) is 9.71 Å². The van der Waals surface area contributed by atoms with Crippen LogP contribution in [0.3, 0.4) is 0 Å². The molecule has 2 atom stereocenters. The smallest absolute Gasteiger partial charge is 0.365 e. The van der Waals surface area contributed by atoms with Gasteiger partial charge in [0.25, 0.3) is 15.9 Å². The molecule has 10 heteroatoms. The third-order valence-electron chi connectivity index (χ3n) is 3.10. The van der Waals surface area contributed by atoms with Crippen LogP contribution in [0.1, 0.15) is 25.3 Å². The third kappa shape index (κ3) is 3.74. The van der Waals surface area contributed by atoms with Crippen molar-refractivity contribution in [3.05, 3.63) is 23.9 Å². The Labute approximate surface area is 124 Å². The number of pyridine rings is 1. The van der Waals surface area contributed by atoms with Crippen LogP contribution in [0.5, 0.6) is 0 Å². The lowest BCUT2D eigenvalue weighted by Crippen LogP contribution is -2.39. The zero-order chi connectivity index (χ0) is 16.5. The first-order valence-corrected chi connectivity index (χ1v) is 7.83. The van der Waals surface area contributed by atoms with E-state index in [-0.39, 0.29) is 6.10 Å². The van der Waals surface area contributed by atoms with Crippen molar-refractivity contribution in [3.8, 4) is 0 Å². The maximum Gasteiger partial charge on any atom is 0.417 e. The Bertz CT molecular complexity index is 658. The van der Waals surface area contributed by atoms with Crippen LogP contribution in [0.2, 0.25) is 0 Å². The zero-order valence-corrected chi connectivity index (χ0v) is 12.2. The monoisotopic (exact) mass is 338 g/mol. The Kier molecular flexibility index (Phi) is 4.43. The minimum absolute atomic E-state index is 0.150. The molecule has 1 aliphatic heterocycles. The van der Waals surface area contributed by atoms with Crippen LogP contribution in [0.15, 0.2) is 23.4 Å². The molecular formula is C12H13F3N2O4S. The molecule has 1 aromatic heterocycles. The van der Waals surface area contributed by atoms with Crippen molar-refractivity contribution in [3.63, 3.8) is 0 Å². The lowest BCUT2D eigenvalue weighted by Gasteiger charge is -2.12. The number of aromatic nitrogens is 1. The summed E-state index contributed by atoms with van der Waals surface area (Å²) in [4.78, 5) is 15.0. The highest BCUT2D eigenvalue weighted by atomic mass is 32.2. The molecule has 1 fully saturated rings. The van der Waals surface area contributed by atoms with Crippen LogP contribution in [-0.4, -0.2) is 31.5 Å². The lowest BCUT2D eigenvalue weighted by molar-refractivity contribution is -0.138. The van der Waals surface area contributed by atoms with Crippen molar-refractivity contribution in [2.75, 3.05) is 0 Å². The van der Waals surface area contributed by atoms with E-state index in [2.05, 4.69) is 4.98 Å². The average Bonchev–Trinajstić information content (AvgIpc) is 2.84. The predicted octanol–water partition coefficient (Wildman–Crippen LogP) is 1.47. The van der Waals surface area contributed by atoms with E-state index in [1.807, 2.05) is 0 Å². The fourth-order valence-electron chi connectivity index (χ4n) is 1.95. The predicted molar refractivity (Wildman–Crippen MR) is 68.1 cm³/mol. The lowest BCUT2D eigenvalue weighted by atomic mass is 10.2. The van der Waals surface area contributed by atoms with Gasteiger partial charge in [0.05, 0.1) is 11.7 Å². The summed E-state index contributed by atoms with van der Waals surface area (Å²) in [6.45, 7) is 1.75. The van der Waals surface area contributed by atoms with Gasteiger partial charge in [0.1, 0.15) is 6.10 Å². The highest BCUT2D eigenvalue weighted by Gasteiger charge is 2.33. The van der Waals surface area contributed by atoms with Gasteiger partial charge in [-0.1, -0.05) is 0 Å². The van der Waals surface area contributed by atoms with Crippen molar-refractivity contribution in [1.29, 1.82) is 0 Å². The van der Waals surface area contributed by atoms with Gasteiger partial charge in [0, 0.05) is 6.20 Å². The van der Waals surface area contributed by atoms with E-state index in [4.69, 9.17) is 4.74 Å². The summed E-state index contributed by atoms with van der Waals surface area (Å²) >= 11 is 0. The van der Waals surface area contributed by atoms with Crippen molar-refractivity contribution in [1.82, 2.24) is 9.71 Å². The fraction of sp³-hybridized carbons (Fsp3) is 0.500. The number of nitrogens with zero attached hydrogens (tertiary/aromatic N) is 1. The third-order valence-corrected chi connectivity index (χ3v) is 4.36. The first-order chi connectivity index (χ1) is 10.1. The van der Waals surface area contributed by atoms with E-state index >= 15 is 0 Å². The maximum atomic E-state index is 12.4. The molecule has 122 valence electrons. The molecule has 2 heterocycles. The summed E-state index contributed by atoms with van der Waals surface area (Å²) in [6.07, 6.45) is -4.26. The van der Waals surface area contributed by atoms with Gasteiger partial charge < -0.3 is 4.74 Å². The topological polar surface area (TPSA) is 85.4 Å². The molecule has 22 heavy (non-hydrogen) atoms. The molecule has 0 saturated carbocycles. The minimum atomic E-state index is -4.62. The first kappa shape index (κ1) is 16.7. The Morgan fingerprint density at radius 3 is 2.50 bits per heavy atom. The van der Waals surface area contributed by atoms with E-state index in [1.165, 1.54) is 0 Å². The van der Waals surface area contributed by atoms with Crippen LogP contribution in [-0.2, 0) is 25.7 Å². The standard InChI is InChI=1S/C12H13F3N2O4S/c1-7-2-4-9(21-7)11(18)17-22(19,20)10-5-3-8(6-16-10)12(13,14)15/h3,5-7,9H,2,4H2,1H3,(H,17,18)/t7-,9+/m0/s1. The SMILES string of the molecule is C[C@H]1CC[C@H](C(=O)NS(=O)(=O)c2ccc(C(F)(F)F)cn2)O1. The van der Waals surface area contributed by atoms with Gasteiger partial charge in [-0.3, -0.25) is 4.79 Å². The van der Waals surface area contributed by atoms with Gasteiger partial charge in [0.15, 0.2) is 5.03 Å². The number of amides is 1. The average molecular weight is 338 g/mol. The number of carbonyl (C=O) groups is 1. The van der Waals surface area contributed by atoms with Gasteiger partial charge in [-0.2, -0.15) is 21.6 Å². The summed E-state index contributed by atoms with van der Waals surface area (Å²) in [5.41, 5.74) is -1.08. The Hall–Kier alpha value is -1.68. The molecule has 2 rings (SSSR count). The molecule has 1 N–H and O–H groups in total. The Balaban J connectivity index is 2.12. The molecule has 1 saturated heterocycles. The quantitative estimate of drug-likeness (QED) is 0.902. The number of hydrogen-bond donors (Lipinski definition) is 1. The molecule has 1 aromatic rings. The molecule has 0 bridgehead atoms. The van der Waals surface area contributed by atoms with Gasteiger partial charge in [-0.15, -0.1) is 0 Å². The van der Waals surface area contributed by atoms with Crippen LogP contribution in [0.25, 0.3) is 0 Å². The number of sulfonamides is 1. The summed E-state index contributed by atoms with van der Waals surface area (Å²) in [5.74, 6) is -0.856. The normalized spacial score (nSPS) is 22.5.